The average Bonchev–Trinajstić information content (AvgIpc) is 2.63. The second kappa shape index (κ2) is 6.66. The Balaban J connectivity index is 2.34. The molecular formula is C13H26N2O2S. The standard InChI is InChI=1S/C13H26N2O2S/c1-10(9-18-5)14-11-6-7-15(8-11)12(16)17-13(2,3)4/h10-11,14H,6-9H2,1-5H3/t10-,11-/m1/s1. The first-order valence-corrected chi connectivity index (χ1v) is 7.94. The van der Waals surface area contributed by atoms with E-state index < -0.39 is 5.60 Å². The highest BCUT2D eigenvalue weighted by atomic mass is 32.2. The van der Waals surface area contributed by atoms with Gasteiger partial charge in [-0.1, -0.05) is 0 Å². The van der Waals surface area contributed by atoms with E-state index in [0.717, 1.165) is 25.3 Å². The molecule has 0 unspecified atom stereocenters. The largest absolute Gasteiger partial charge is 0.444 e. The van der Waals surface area contributed by atoms with E-state index in [1.807, 2.05) is 32.5 Å². The maximum Gasteiger partial charge on any atom is 0.410 e. The van der Waals surface area contributed by atoms with Gasteiger partial charge < -0.3 is 15.0 Å². The summed E-state index contributed by atoms with van der Waals surface area (Å²) < 4.78 is 5.38. The Hall–Kier alpha value is -0.420. The molecule has 1 rings (SSSR count). The number of hydrogen-bond donors (Lipinski definition) is 1. The lowest BCUT2D eigenvalue weighted by atomic mass is 10.2. The zero-order valence-corrected chi connectivity index (χ0v) is 13.0. The predicted octanol–water partition coefficient (Wildman–Crippen LogP) is 2.34. The van der Waals surface area contributed by atoms with E-state index in [4.69, 9.17) is 4.74 Å². The van der Waals surface area contributed by atoms with Gasteiger partial charge in [0, 0.05) is 30.9 Å². The topological polar surface area (TPSA) is 41.6 Å². The number of ether oxygens (including phenoxy) is 1. The molecule has 0 bridgehead atoms. The van der Waals surface area contributed by atoms with Crippen molar-refractivity contribution in [2.24, 2.45) is 0 Å². The van der Waals surface area contributed by atoms with Crippen LogP contribution in [-0.4, -0.2) is 53.8 Å². The molecule has 106 valence electrons. The molecule has 1 heterocycles. The summed E-state index contributed by atoms with van der Waals surface area (Å²) in [5.41, 5.74) is -0.408. The first-order chi connectivity index (χ1) is 8.31. The molecule has 18 heavy (non-hydrogen) atoms. The van der Waals surface area contributed by atoms with E-state index in [1.165, 1.54) is 0 Å². The van der Waals surface area contributed by atoms with Crippen molar-refractivity contribution < 1.29 is 9.53 Å². The summed E-state index contributed by atoms with van der Waals surface area (Å²) in [6.07, 6.45) is 2.93. The SMILES string of the molecule is CSC[C@@H](C)N[C@@H]1CCN(C(=O)OC(C)(C)C)C1. The molecule has 0 spiro atoms. The summed E-state index contributed by atoms with van der Waals surface area (Å²) in [7, 11) is 0. The Morgan fingerprint density at radius 3 is 2.78 bits per heavy atom. The minimum atomic E-state index is -0.408. The van der Waals surface area contributed by atoms with Gasteiger partial charge in [-0.25, -0.2) is 4.79 Å². The van der Waals surface area contributed by atoms with Gasteiger partial charge in [0.15, 0.2) is 0 Å². The van der Waals surface area contributed by atoms with Gasteiger partial charge in [0.25, 0.3) is 0 Å². The van der Waals surface area contributed by atoms with Gasteiger partial charge >= 0.3 is 6.09 Å². The van der Waals surface area contributed by atoms with Crippen molar-refractivity contribution in [3.8, 4) is 0 Å². The van der Waals surface area contributed by atoms with E-state index in [2.05, 4.69) is 18.5 Å². The van der Waals surface area contributed by atoms with Crippen LogP contribution in [0.25, 0.3) is 0 Å². The number of likely N-dealkylation sites (tertiary alicyclic amines) is 1. The molecule has 0 aromatic heterocycles. The predicted molar refractivity (Wildman–Crippen MR) is 77.2 cm³/mol. The van der Waals surface area contributed by atoms with E-state index in [1.54, 1.807) is 4.90 Å². The molecule has 1 amide bonds. The molecule has 5 heteroatoms. The molecule has 1 saturated heterocycles. The molecule has 2 atom stereocenters. The van der Waals surface area contributed by atoms with Crippen LogP contribution in [-0.2, 0) is 4.74 Å². The van der Waals surface area contributed by atoms with Gasteiger partial charge in [-0.15, -0.1) is 0 Å². The van der Waals surface area contributed by atoms with Crippen LogP contribution in [0.5, 0.6) is 0 Å². The third-order valence-corrected chi connectivity index (χ3v) is 3.61. The smallest absolute Gasteiger partial charge is 0.410 e. The van der Waals surface area contributed by atoms with Crippen molar-refractivity contribution in [2.45, 2.75) is 51.8 Å². The van der Waals surface area contributed by atoms with Gasteiger partial charge in [0.1, 0.15) is 5.60 Å². The van der Waals surface area contributed by atoms with Crippen molar-refractivity contribution >= 4 is 17.9 Å². The second-order valence-electron chi connectivity index (χ2n) is 5.94. The zero-order valence-electron chi connectivity index (χ0n) is 12.2. The first kappa shape index (κ1) is 15.6. The third-order valence-electron chi connectivity index (χ3n) is 2.78. The third kappa shape index (κ3) is 5.48. The normalized spacial score (nSPS) is 22.1. The summed E-state index contributed by atoms with van der Waals surface area (Å²) >= 11 is 1.84. The number of carbonyl (C=O) groups is 1. The highest BCUT2D eigenvalue weighted by Crippen LogP contribution is 2.15. The van der Waals surface area contributed by atoms with Crippen LogP contribution in [0.2, 0.25) is 0 Å². The van der Waals surface area contributed by atoms with Crippen molar-refractivity contribution in [1.82, 2.24) is 10.2 Å². The molecule has 1 N–H and O–H groups in total. The number of nitrogens with zero attached hydrogens (tertiary/aromatic N) is 1. The number of carbonyl (C=O) groups excluding carboxylic acids is 1. The highest BCUT2D eigenvalue weighted by molar-refractivity contribution is 7.98. The fourth-order valence-corrected chi connectivity index (χ4v) is 2.69. The van der Waals surface area contributed by atoms with Crippen molar-refractivity contribution in [2.75, 3.05) is 25.1 Å². The zero-order chi connectivity index (χ0) is 13.8. The first-order valence-electron chi connectivity index (χ1n) is 6.54. The van der Waals surface area contributed by atoms with Crippen LogP contribution in [0.3, 0.4) is 0 Å². The Kier molecular flexibility index (Phi) is 5.79. The minimum absolute atomic E-state index is 0.190. The van der Waals surface area contributed by atoms with Gasteiger partial charge in [0.2, 0.25) is 0 Å². The molecule has 0 saturated carbocycles. The molecule has 1 aliphatic rings. The average molecular weight is 274 g/mol. The van der Waals surface area contributed by atoms with Crippen LogP contribution in [0.4, 0.5) is 4.79 Å². The number of nitrogens with one attached hydrogen (secondary N) is 1. The van der Waals surface area contributed by atoms with Crippen molar-refractivity contribution in [3.63, 3.8) is 0 Å². The van der Waals surface area contributed by atoms with E-state index in [0.29, 0.717) is 12.1 Å². The Labute approximate surface area is 115 Å². The monoisotopic (exact) mass is 274 g/mol. The molecule has 0 aromatic carbocycles. The molecule has 0 aliphatic carbocycles. The van der Waals surface area contributed by atoms with E-state index in [9.17, 15) is 4.79 Å². The van der Waals surface area contributed by atoms with Crippen molar-refractivity contribution in [3.05, 3.63) is 0 Å². The van der Waals surface area contributed by atoms with Gasteiger partial charge in [-0.3, -0.25) is 0 Å². The summed E-state index contributed by atoms with van der Waals surface area (Å²) in [5.74, 6) is 1.10. The van der Waals surface area contributed by atoms with Crippen LogP contribution >= 0.6 is 11.8 Å². The summed E-state index contributed by atoms with van der Waals surface area (Å²) in [5, 5.41) is 3.56. The summed E-state index contributed by atoms with van der Waals surface area (Å²) in [6, 6.07) is 0.892. The van der Waals surface area contributed by atoms with Crippen LogP contribution < -0.4 is 5.32 Å². The highest BCUT2D eigenvalue weighted by Gasteiger charge is 2.29. The maximum absolute atomic E-state index is 11.9. The van der Waals surface area contributed by atoms with Gasteiger partial charge in [-0.05, 0) is 40.4 Å². The fourth-order valence-electron chi connectivity index (χ4n) is 2.09. The van der Waals surface area contributed by atoms with Gasteiger partial charge in [0.05, 0.1) is 0 Å². The quantitative estimate of drug-likeness (QED) is 0.854. The maximum atomic E-state index is 11.9. The molecule has 0 radical (unpaired) electrons. The lowest BCUT2D eigenvalue weighted by Crippen LogP contribution is -2.41. The van der Waals surface area contributed by atoms with Crippen LogP contribution in [0.15, 0.2) is 0 Å². The van der Waals surface area contributed by atoms with Crippen molar-refractivity contribution in [1.29, 1.82) is 0 Å². The molecule has 4 nitrogen and oxygen atoms in total. The Morgan fingerprint density at radius 1 is 1.56 bits per heavy atom. The van der Waals surface area contributed by atoms with Gasteiger partial charge in [-0.2, -0.15) is 11.8 Å². The Morgan fingerprint density at radius 2 is 2.22 bits per heavy atom. The molecular weight excluding hydrogens is 248 g/mol. The lowest BCUT2D eigenvalue weighted by Gasteiger charge is -2.25. The van der Waals surface area contributed by atoms with E-state index in [-0.39, 0.29) is 6.09 Å². The molecule has 1 aliphatic heterocycles. The molecule has 0 aromatic rings. The lowest BCUT2D eigenvalue weighted by molar-refractivity contribution is 0.0290. The Bertz CT molecular complexity index is 279. The number of thioether (sulfide) groups is 1. The number of amides is 1. The summed E-state index contributed by atoms with van der Waals surface area (Å²) in [4.78, 5) is 13.7. The van der Waals surface area contributed by atoms with Crippen LogP contribution in [0.1, 0.15) is 34.1 Å². The molecule has 1 fully saturated rings. The van der Waals surface area contributed by atoms with E-state index >= 15 is 0 Å². The fraction of sp³-hybridized carbons (Fsp3) is 0.923. The second-order valence-corrected chi connectivity index (χ2v) is 6.85. The number of hydrogen-bond acceptors (Lipinski definition) is 4. The number of rotatable bonds is 4. The minimum Gasteiger partial charge on any atom is -0.444 e. The summed E-state index contributed by atoms with van der Waals surface area (Å²) in [6.45, 7) is 9.44. The van der Waals surface area contributed by atoms with Crippen LogP contribution in [0, 0.1) is 0 Å².